The maximum Gasteiger partial charge on any atom is 0.264 e. The van der Waals surface area contributed by atoms with E-state index in [9.17, 15) is 4.79 Å². The molecule has 0 atom stereocenters. The number of aryl methyl sites for hydroxylation is 1. The molecule has 1 saturated heterocycles. The van der Waals surface area contributed by atoms with Gasteiger partial charge in [0, 0.05) is 33.3 Å². The summed E-state index contributed by atoms with van der Waals surface area (Å²) in [6, 6.07) is 0. The molecule has 1 amide bonds. The predicted octanol–water partition coefficient (Wildman–Crippen LogP) is 1.54. The number of methoxy groups -OCH3 is 2. The molecule has 7 nitrogen and oxygen atoms in total. The minimum absolute atomic E-state index is 0.0685. The van der Waals surface area contributed by atoms with Crippen LogP contribution in [0.2, 0.25) is 0 Å². The first-order valence-electron chi connectivity index (χ1n) is 7.86. The number of rotatable bonds is 4. The van der Waals surface area contributed by atoms with Gasteiger partial charge in [-0.05, 0) is 19.5 Å². The van der Waals surface area contributed by atoms with Crippen LogP contribution < -0.4 is 4.74 Å². The molecular formula is C16H22N4O3S. The summed E-state index contributed by atoms with van der Waals surface area (Å²) in [7, 11) is 5.25. The van der Waals surface area contributed by atoms with Crippen LogP contribution in [0.3, 0.4) is 0 Å². The van der Waals surface area contributed by atoms with Crippen LogP contribution in [-0.2, 0) is 11.3 Å². The molecule has 2 aromatic heterocycles. The second kappa shape index (κ2) is 7.00. The van der Waals surface area contributed by atoms with Crippen LogP contribution in [0.15, 0.2) is 0 Å². The molecule has 1 aliphatic rings. The molecule has 2 aromatic rings. The monoisotopic (exact) mass is 350 g/mol. The van der Waals surface area contributed by atoms with Gasteiger partial charge in [-0.2, -0.15) is 4.98 Å². The average Bonchev–Trinajstić information content (AvgIpc) is 2.91. The van der Waals surface area contributed by atoms with E-state index in [-0.39, 0.29) is 5.91 Å². The van der Waals surface area contributed by atoms with Gasteiger partial charge in [0.05, 0.1) is 17.4 Å². The summed E-state index contributed by atoms with van der Waals surface area (Å²) in [5.41, 5.74) is 0.889. The molecule has 1 fully saturated rings. The van der Waals surface area contributed by atoms with E-state index in [1.807, 2.05) is 11.8 Å². The smallest absolute Gasteiger partial charge is 0.264 e. The normalized spacial score (nSPS) is 15.9. The standard InChI is InChI=1S/C16H22N4O3S/c1-10-12-14(23-4)17-11(9-22-3)18-15(12)24-13(10)16(21)20-7-5-19(2)6-8-20/h5-9H2,1-4H3. The van der Waals surface area contributed by atoms with E-state index in [2.05, 4.69) is 21.9 Å². The Hall–Kier alpha value is -1.77. The van der Waals surface area contributed by atoms with Crippen LogP contribution in [0.4, 0.5) is 0 Å². The van der Waals surface area contributed by atoms with Crippen molar-refractivity contribution in [3.8, 4) is 5.88 Å². The Morgan fingerprint density at radius 1 is 1.21 bits per heavy atom. The summed E-state index contributed by atoms with van der Waals surface area (Å²) in [5, 5.41) is 0.819. The maximum atomic E-state index is 12.9. The minimum Gasteiger partial charge on any atom is -0.480 e. The van der Waals surface area contributed by atoms with Crippen LogP contribution in [0.1, 0.15) is 21.1 Å². The number of piperazine rings is 1. The van der Waals surface area contributed by atoms with Gasteiger partial charge in [-0.15, -0.1) is 11.3 Å². The topological polar surface area (TPSA) is 67.8 Å². The van der Waals surface area contributed by atoms with E-state index in [1.54, 1.807) is 14.2 Å². The van der Waals surface area contributed by atoms with Gasteiger partial charge in [-0.3, -0.25) is 4.79 Å². The summed E-state index contributed by atoms with van der Waals surface area (Å²) in [5.74, 6) is 1.12. The molecule has 0 saturated carbocycles. The Kier molecular flexibility index (Phi) is 4.98. The average molecular weight is 350 g/mol. The fourth-order valence-corrected chi connectivity index (χ4v) is 4.00. The number of amides is 1. The van der Waals surface area contributed by atoms with Crippen LogP contribution in [0.5, 0.6) is 5.88 Å². The Bertz CT molecular complexity index is 753. The van der Waals surface area contributed by atoms with Crippen LogP contribution in [0, 0.1) is 6.92 Å². The van der Waals surface area contributed by atoms with Crippen LogP contribution in [-0.4, -0.2) is 73.1 Å². The summed E-state index contributed by atoms with van der Waals surface area (Å²) < 4.78 is 10.5. The maximum absolute atomic E-state index is 12.9. The molecule has 3 rings (SSSR count). The summed E-state index contributed by atoms with van der Waals surface area (Å²) in [6.45, 7) is 5.55. The number of hydrogen-bond acceptors (Lipinski definition) is 7. The van der Waals surface area contributed by atoms with E-state index in [4.69, 9.17) is 9.47 Å². The molecule has 24 heavy (non-hydrogen) atoms. The lowest BCUT2D eigenvalue weighted by atomic mass is 10.2. The SMILES string of the molecule is COCc1nc(OC)c2c(C)c(C(=O)N3CCN(C)CC3)sc2n1. The van der Waals surface area contributed by atoms with Crippen molar-refractivity contribution in [2.45, 2.75) is 13.5 Å². The number of carbonyl (C=O) groups is 1. The third-order valence-corrected chi connectivity index (χ3v) is 5.43. The van der Waals surface area contributed by atoms with E-state index in [1.165, 1.54) is 11.3 Å². The highest BCUT2D eigenvalue weighted by Gasteiger charge is 2.26. The molecular weight excluding hydrogens is 328 g/mol. The Morgan fingerprint density at radius 3 is 2.54 bits per heavy atom. The number of ether oxygens (including phenoxy) is 2. The lowest BCUT2D eigenvalue weighted by Gasteiger charge is -2.32. The number of hydrogen-bond donors (Lipinski definition) is 0. The van der Waals surface area contributed by atoms with Gasteiger partial charge in [0.1, 0.15) is 11.4 Å². The highest BCUT2D eigenvalue weighted by Crippen LogP contribution is 2.35. The van der Waals surface area contributed by atoms with E-state index >= 15 is 0 Å². The number of carbonyl (C=O) groups excluding carboxylic acids is 1. The molecule has 0 spiro atoms. The molecule has 130 valence electrons. The summed E-state index contributed by atoms with van der Waals surface area (Å²) in [4.78, 5) is 27.4. The lowest BCUT2D eigenvalue weighted by Crippen LogP contribution is -2.47. The summed E-state index contributed by atoms with van der Waals surface area (Å²) >= 11 is 1.40. The molecule has 0 aromatic carbocycles. The van der Waals surface area contributed by atoms with Crippen molar-refractivity contribution in [2.24, 2.45) is 0 Å². The first kappa shape index (κ1) is 17.1. The fraction of sp³-hybridized carbons (Fsp3) is 0.562. The van der Waals surface area contributed by atoms with Gasteiger partial charge in [0.25, 0.3) is 5.91 Å². The zero-order valence-corrected chi connectivity index (χ0v) is 15.3. The first-order valence-corrected chi connectivity index (χ1v) is 8.67. The van der Waals surface area contributed by atoms with Crippen molar-refractivity contribution in [1.82, 2.24) is 19.8 Å². The number of fused-ring (bicyclic) bond motifs is 1. The van der Waals surface area contributed by atoms with Gasteiger partial charge in [0.2, 0.25) is 5.88 Å². The Balaban J connectivity index is 1.99. The third kappa shape index (κ3) is 3.09. The van der Waals surface area contributed by atoms with Crippen molar-refractivity contribution in [3.63, 3.8) is 0 Å². The highest BCUT2D eigenvalue weighted by atomic mass is 32.1. The largest absolute Gasteiger partial charge is 0.480 e. The molecule has 3 heterocycles. The van der Waals surface area contributed by atoms with Gasteiger partial charge in [0.15, 0.2) is 5.82 Å². The van der Waals surface area contributed by atoms with Crippen molar-refractivity contribution in [2.75, 3.05) is 47.4 Å². The molecule has 0 aliphatic carbocycles. The minimum atomic E-state index is 0.0685. The highest BCUT2D eigenvalue weighted by molar-refractivity contribution is 7.20. The van der Waals surface area contributed by atoms with Gasteiger partial charge in [-0.25, -0.2) is 4.98 Å². The van der Waals surface area contributed by atoms with E-state index < -0.39 is 0 Å². The first-order chi connectivity index (χ1) is 11.5. The number of nitrogens with zero attached hydrogens (tertiary/aromatic N) is 4. The Morgan fingerprint density at radius 2 is 1.92 bits per heavy atom. The van der Waals surface area contributed by atoms with Gasteiger partial charge in [-0.1, -0.05) is 0 Å². The zero-order valence-electron chi connectivity index (χ0n) is 14.5. The van der Waals surface area contributed by atoms with E-state index in [0.717, 1.165) is 46.8 Å². The molecule has 0 radical (unpaired) electrons. The summed E-state index contributed by atoms with van der Waals surface area (Å²) in [6.07, 6.45) is 0. The van der Waals surface area contributed by atoms with Crippen LogP contribution >= 0.6 is 11.3 Å². The second-order valence-corrected chi connectivity index (χ2v) is 6.91. The van der Waals surface area contributed by atoms with Gasteiger partial charge >= 0.3 is 0 Å². The molecule has 0 unspecified atom stereocenters. The van der Waals surface area contributed by atoms with Crippen molar-refractivity contribution >= 4 is 27.5 Å². The number of thiophene rings is 1. The number of likely N-dealkylation sites (N-methyl/N-ethyl adjacent to an activating group) is 1. The number of aromatic nitrogens is 2. The lowest BCUT2D eigenvalue weighted by molar-refractivity contribution is 0.0668. The zero-order chi connectivity index (χ0) is 17.3. The quantitative estimate of drug-likeness (QED) is 0.833. The molecule has 0 bridgehead atoms. The van der Waals surface area contributed by atoms with Crippen molar-refractivity contribution in [1.29, 1.82) is 0 Å². The second-order valence-electron chi connectivity index (χ2n) is 5.91. The van der Waals surface area contributed by atoms with E-state index in [0.29, 0.717) is 18.3 Å². The third-order valence-electron chi connectivity index (χ3n) is 4.25. The molecule has 1 aliphatic heterocycles. The fourth-order valence-electron chi connectivity index (χ4n) is 2.84. The van der Waals surface area contributed by atoms with Crippen molar-refractivity contribution < 1.29 is 14.3 Å². The predicted molar refractivity (Wildman–Crippen MR) is 92.8 cm³/mol. The van der Waals surface area contributed by atoms with Crippen LogP contribution in [0.25, 0.3) is 10.2 Å². The molecule has 0 N–H and O–H groups in total. The van der Waals surface area contributed by atoms with Crippen molar-refractivity contribution in [3.05, 3.63) is 16.3 Å². The Labute approximate surface area is 145 Å². The molecule has 8 heteroatoms. The van der Waals surface area contributed by atoms with Gasteiger partial charge < -0.3 is 19.3 Å².